The SMILES string of the molecule is CCC(=C1CCC(=O)CC1)c1scc(C(=O)OC)c1C.CCC(=C1CCC2(CC1)OCCO2)c1scc(C(=O)OC)c1C. The van der Waals surface area contributed by atoms with Gasteiger partial charge in [0.15, 0.2) is 5.79 Å². The normalized spacial score (nSPS) is 17.9. The predicted molar refractivity (Wildman–Crippen MR) is 172 cm³/mol. The van der Waals surface area contributed by atoms with Crippen LogP contribution in [0.3, 0.4) is 0 Å². The van der Waals surface area contributed by atoms with Gasteiger partial charge in [0.1, 0.15) is 5.78 Å². The van der Waals surface area contributed by atoms with Gasteiger partial charge in [0.05, 0.1) is 38.6 Å². The van der Waals surface area contributed by atoms with Gasteiger partial charge in [0, 0.05) is 46.2 Å². The third-order valence-electron chi connectivity index (χ3n) is 8.84. The van der Waals surface area contributed by atoms with Gasteiger partial charge in [-0.2, -0.15) is 0 Å². The molecule has 2 saturated carbocycles. The van der Waals surface area contributed by atoms with E-state index in [4.69, 9.17) is 18.9 Å². The van der Waals surface area contributed by atoms with E-state index in [2.05, 4.69) is 13.8 Å². The summed E-state index contributed by atoms with van der Waals surface area (Å²) in [6, 6.07) is 0. The molecular formula is C34H44O7S2. The second-order valence-corrected chi connectivity index (χ2v) is 13.0. The standard InChI is InChI=1S/C18H24O4S.C16H20O3S/c1-4-14(16-12(2)15(11-23-16)17(19)20-3)13-5-7-18(8-6-13)21-9-10-22-18;1-4-13(11-5-7-12(17)8-6-11)15-10(2)14(9-20-15)16(18)19-3/h11H,4-10H2,1-3H3;9H,4-8H2,1-3H3. The van der Waals surface area contributed by atoms with E-state index in [1.54, 1.807) is 22.7 Å². The van der Waals surface area contributed by atoms with Crippen molar-refractivity contribution in [2.45, 2.75) is 97.7 Å². The quantitative estimate of drug-likeness (QED) is 0.297. The molecule has 2 aromatic rings. The van der Waals surface area contributed by atoms with Crippen LogP contribution in [0.4, 0.5) is 0 Å². The number of ketones is 1. The van der Waals surface area contributed by atoms with Gasteiger partial charge in [-0.25, -0.2) is 9.59 Å². The van der Waals surface area contributed by atoms with E-state index < -0.39 is 0 Å². The number of Topliss-reactive ketones (excluding diaryl/α,β-unsaturated/α-hetero) is 1. The topological polar surface area (TPSA) is 88.1 Å². The van der Waals surface area contributed by atoms with Crippen molar-refractivity contribution in [2.24, 2.45) is 0 Å². The second kappa shape index (κ2) is 14.9. The third kappa shape index (κ3) is 7.39. The molecule has 43 heavy (non-hydrogen) atoms. The average Bonchev–Trinajstić information content (AvgIpc) is 3.75. The van der Waals surface area contributed by atoms with Gasteiger partial charge in [-0.3, -0.25) is 4.79 Å². The van der Waals surface area contributed by atoms with Gasteiger partial charge in [0.25, 0.3) is 0 Å². The van der Waals surface area contributed by atoms with Crippen molar-refractivity contribution < 1.29 is 33.3 Å². The Morgan fingerprint density at radius 1 is 0.744 bits per heavy atom. The zero-order chi connectivity index (χ0) is 31.1. The van der Waals surface area contributed by atoms with Gasteiger partial charge >= 0.3 is 11.9 Å². The average molecular weight is 629 g/mol. The minimum Gasteiger partial charge on any atom is -0.465 e. The number of allylic oxidation sites excluding steroid dienone is 4. The minimum absolute atomic E-state index is 0.249. The van der Waals surface area contributed by atoms with Gasteiger partial charge < -0.3 is 18.9 Å². The molecule has 0 aromatic carbocycles. The molecule has 0 bridgehead atoms. The van der Waals surface area contributed by atoms with Crippen LogP contribution in [0.25, 0.3) is 11.1 Å². The summed E-state index contributed by atoms with van der Waals surface area (Å²) in [5.74, 6) is -0.489. The first kappa shape index (κ1) is 33.3. The van der Waals surface area contributed by atoms with Crippen LogP contribution in [0, 0.1) is 13.8 Å². The Kier molecular flexibility index (Phi) is 11.6. The molecule has 3 fully saturated rings. The number of esters is 2. The summed E-state index contributed by atoms with van der Waals surface area (Å²) in [5, 5.41) is 3.79. The Hall–Kier alpha value is -2.59. The van der Waals surface area contributed by atoms with Crippen molar-refractivity contribution in [3.05, 3.63) is 53.9 Å². The van der Waals surface area contributed by atoms with Crippen LogP contribution in [0.5, 0.6) is 0 Å². The summed E-state index contributed by atoms with van der Waals surface area (Å²) in [6.07, 6.45) is 8.85. The maximum atomic E-state index is 11.8. The Morgan fingerprint density at radius 2 is 1.16 bits per heavy atom. The fourth-order valence-electron chi connectivity index (χ4n) is 6.35. The van der Waals surface area contributed by atoms with Crippen LogP contribution in [0.1, 0.15) is 120 Å². The van der Waals surface area contributed by atoms with Crippen molar-refractivity contribution in [2.75, 3.05) is 27.4 Å². The summed E-state index contributed by atoms with van der Waals surface area (Å²) >= 11 is 3.25. The molecule has 0 atom stereocenters. The molecule has 234 valence electrons. The van der Waals surface area contributed by atoms with Crippen molar-refractivity contribution in [1.82, 2.24) is 0 Å². The molecule has 3 aliphatic rings. The van der Waals surface area contributed by atoms with Gasteiger partial charge in [-0.05, 0) is 74.6 Å². The predicted octanol–water partition coefficient (Wildman–Crippen LogP) is 8.47. The number of carbonyl (C=O) groups excluding carboxylic acids is 3. The van der Waals surface area contributed by atoms with Crippen molar-refractivity contribution in [1.29, 1.82) is 0 Å². The highest BCUT2D eigenvalue weighted by molar-refractivity contribution is 7.12. The molecule has 1 spiro atoms. The first-order valence-corrected chi connectivity index (χ1v) is 17.0. The Morgan fingerprint density at radius 3 is 1.56 bits per heavy atom. The van der Waals surface area contributed by atoms with E-state index in [0.29, 0.717) is 43.0 Å². The summed E-state index contributed by atoms with van der Waals surface area (Å²) in [7, 11) is 2.84. The molecular weight excluding hydrogens is 585 g/mol. The highest BCUT2D eigenvalue weighted by Crippen LogP contribution is 2.43. The number of carbonyl (C=O) groups is 3. The smallest absolute Gasteiger partial charge is 0.338 e. The fraction of sp³-hybridized carbons (Fsp3) is 0.559. The molecule has 0 unspecified atom stereocenters. The van der Waals surface area contributed by atoms with Crippen LogP contribution in [-0.4, -0.2) is 50.9 Å². The highest BCUT2D eigenvalue weighted by Gasteiger charge is 2.39. The van der Waals surface area contributed by atoms with Crippen LogP contribution in [-0.2, 0) is 23.7 Å². The lowest BCUT2D eigenvalue weighted by Crippen LogP contribution is -2.33. The Labute approximate surface area is 263 Å². The largest absolute Gasteiger partial charge is 0.465 e. The molecule has 2 aromatic heterocycles. The molecule has 0 radical (unpaired) electrons. The fourth-order valence-corrected chi connectivity index (χ4v) is 8.80. The summed E-state index contributed by atoms with van der Waals surface area (Å²) in [5.41, 5.74) is 8.96. The second-order valence-electron chi connectivity index (χ2n) is 11.2. The first-order chi connectivity index (χ1) is 20.7. The molecule has 3 heterocycles. The molecule has 2 aliphatic carbocycles. The van der Waals surface area contributed by atoms with Crippen molar-refractivity contribution in [3.8, 4) is 0 Å². The molecule has 0 amide bonds. The lowest BCUT2D eigenvalue weighted by molar-refractivity contribution is -0.171. The number of thiophene rings is 2. The number of methoxy groups -OCH3 is 2. The van der Waals surface area contributed by atoms with E-state index in [9.17, 15) is 14.4 Å². The Balaban J connectivity index is 0.000000199. The molecule has 0 N–H and O–H groups in total. The summed E-state index contributed by atoms with van der Waals surface area (Å²) < 4.78 is 21.3. The number of rotatable bonds is 6. The van der Waals surface area contributed by atoms with Gasteiger partial charge in [-0.15, -0.1) is 22.7 Å². The lowest BCUT2D eigenvalue weighted by atomic mass is 9.85. The van der Waals surface area contributed by atoms with Crippen LogP contribution in [0.15, 0.2) is 21.9 Å². The lowest BCUT2D eigenvalue weighted by Gasteiger charge is -2.33. The maximum Gasteiger partial charge on any atom is 0.338 e. The first-order valence-electron chi connectivity index (χ1n) is 15.2. The molecule has 1 aliphatic heterocycles. The minimum atomic E-state index is -0.329. The number of ether oxygens (including phenoxy) is 4. The van der Waals surface area contributed by atoms with Crippen LogP contribution in [0.2, 0.25) is 0 Å². The zero-order valence-corrected chi connectivity index (χ0v) is 27.9. The summed E-state index contributed by atoms with van der Waals surface area (Å²) in [4.78, 5) is 37.3. The number of hydrogen-bond donors (Lipinski definition) is 0. The Bertz CT molecular complexity index is 1380. The van der Waals surface area contributed by atoms with E-state index in [1.807, 2.05) is 24.6 Å². The van der Waals surface area contributed by atoms with Gasteiger partial charge in [0.2, 0.25) is 0 Å². The molecule has 5 rings (SSSR count). The molecule has 1 saturated heterocycles. The number of hydrogen-bond acceptors (Lipinski definition) is 9. The third-order valence-corrected chi connectivity index (χ3v) is 11.1. The van der Waals surface area contributed by atoms with Gasteiger partial charge in [-0.1, -0.05) is 25.0 Å². The molecule has 9 heteroatoms. The van der Waals surface area contributed by atoms with E-state index in [1.165, 1.54) is 46.3 Å². The molecule has 7 nitrogen and oxygen atoms in total. The van der Waals surface area contributed by atoms with Crippen LogP contribution < -0.4 is 0 Å². The maximum absolute atomic E-state index is 11.8. The van der Waals surface area contributed by atoms with Crippen molar-refractivity contribution in [3.63, 3.8) is 0 Å². The van der Waals surface area contributed by atoms with E-state index in [-0.39, 0.29) is 17.7 Å². The van der Waals surface area contributed by atoms with Crippen molar-refractivity contribution >= 4 is 51.5 Å². The van der Waals surface area contributed by atoms with E-state index in [0.717, 1.165) is 62.5 Å². The summed E-state index contributed by atoms with van der Waals surface area (Å²) in [6.45, 7) is 9.74. The van der Waals surface area contributed by atoms with Crippen LogP contribution >= 0.6 is 22.7 Å². The zero-order valence-electron chi connectivity index (χ0n) is 26.3. The van der Waals surface area contributed by atoms with E-state index >= 15 is 0 Å². The monoisotopic (exact) mass is 628 g/mol. The highest BCUT2D eigenvalue weighted by atomic mass is 32.1.